The van der Waals surface area contributed by atoms with Crippen molar-refractivity contribution in [2.45, 2.75) is 9.79 Å². The zero-order chi connectivity index (χ0) is 30.2. The molecule has 0 bridgehead atoms. The summed E-state index contributed by atoms with van der Waals surface area (Å²) in [6.07, 6.45) is 0. The van der Waals surface area contributed by atoms with E-state index in [0.717, 1.165) is 0 Å². The molecule has 0 unspecified atom stereocenters. The lowest BCUT2D eigenvalue weighted by Crippen LogP contribution is -1.97. The first-order valence-electron chi connectivity index (χ1n) is 15.8. The van der Waals surface area contributed by atoms with Gasteiger partial charge < -0.3 is 4.57 Å². The van der Waals surface area contributed by atoms with Crippen LogP contribution in [0.3, 0.4) is 0 Å². The van der Waals surface area contributed by atoms with Crippen LogP contribution in [0.25, 0.3) is 82.4 Å². The zero-order valence-corrected chi connectivity index (χ0v) is 25.8. The summed E-state index contributed by atoms with van der Waals surface area (Å²) in [4.78, 5) is 2.65. The molecule has 214 valence electrons. The molecule has 10 rings (SSSR count). The predicted molar refractivity (Wildman–Crippen MR) is 196 cm³/mol. The topological polar surface area (TPSA) is 4.93 Å². The van der Waals surface area contributed by atoms with Gasteiger partial charge in [0.25, 0.3) is 0 Å². The van der Waals surface area contributed by atoms with Gasteiger partial charge in [-0.1, -0.05) is 133 Å². The van der Waals surface area contributed by atoms with E-state index in [9.17, 15) is 0 Å². The molecular formula is C44H27NS. The molecule has 2 heterocycles. The monoisotopic (exact) mass is 601 g/mol. The van der Waals surface area contributed by atoms with E-state index in [-0.39, 0.29) is 0 Å². The van der Waals surface area contributed by atoms with E-state index in [1.54, 1.807) is 0 Å². The lowest BCUT2D eigenvalue weighted by molar-refractivity contribution is 1.18. The third-order valence-corrected chi connectivity index (χ3v) is 10.7. The molecule has 0 N–H and O–H groups in total. The van der Waals surface area contributed by atoms with Crippen molar-refractivity contribution >= 4 is 55.1 Å². The third-order valence-electron chi connectivity index (χ3n) is 9.57. The van der Waals surface area contributed by atoms with E-state index in [1.807, 2.05) is 11.8 Å². The van der Waals surface area contributed by atoms with Gasteiger partial charge in [-0.15, -0.1) is 0 Å². The first kappa shape index (κ1) is 25.7. The van der Waals surface area contributed by atoms with Crippen molar-refractivity contribution in [2.24, 2.45) is 0 Å². The quantitative estimate of drug-likeness (QED) is 0.195. The molecule has 0 aliphatic carbocycles. The molecule has 2 heteroatoms. The van der Waals surface area contributed by atoms with Crippen LogP contribution in [0.5, 0.6) is 0 Å². The maximum Gasteiger partial charge on any atom is 0.0547 e. The summed E-state index contributed by atoms with van der Waals surface area (Å²) in [5.74, 6) is 0. The van der Waals surface area contributed by atoms with Crippen LogP contribution in [-0.2, 0) is 0 Å². The van der Waals surface area contributed by atoms with Crippen molar-refractivity contribution in [3.05, 3.63) is 164 Å². The summed E-state index contributed by atoms with van der Waals surface area (Å²) in [5.41, 5.74) is 11.2. The number of fused-ring (bicyclic) bond motifs is 6. The summed E-state index contributed by atoms with van der Waals surface area (Å²) in [7, 11) is 0. The highest BCUT2D eigenvalue weighted by atomic mass is 32.2. The second kappa shape index (κ2) is 9.97. The smallest absolute Gasteiger partial charge is 0.0547 e. The van der Waals surface area contributed by atoms with Gasteiger partial charge in [-0.25, -0.2) is 0 Å². The Labute approximate surface area is 271 Å². The molecule has 0 fully saturated rings. The molecule has 46 heavy (non-hydrogen) atoms. The largest absolute Gasteiger partial charge is 0.309 e. The highest BCUT2D eigenvalue weighted by Crippen LogP contribution is 2.49. The van der Waals surface area contributed by atoms with Gasteiger partial charge in [-0.2, -0.15) is 0 Å². The number of benzene rings is 8. The Hall–Kier alpha value is -5.57. The molecule has 0 saturated heterocycles. The summed E-state index contributed by atoms with van der Waals surface area (Å²) in [5, 5.41) is 7.73. The summed E-state index contributed by atoms with van der Waals surface area (Å²) < 4.78 is 2.45. The molecule has 8 aromatic carbocycles. The molecule has 0 atom stereocenters. The van der Waals surface area contributed by atoms with Crippen LogP contribution in [0.4, 0.5) is 0 Å². The SMILES string of the molecule is c1cc(-c2ccccc2-n2c3ccccc3c3cc4ccccc4cc32)cc(-c2ccc3c4c(cccc24)-c2ccccc2S3)c1. The Morgan fingerprint density at radius 1 is 0.370 bits per heavy atom. The maximum atomic E-state index is 2.45. The van der Waals surface area contributed by atoms with Gasteiger partial charge in [0.2, 0.25) is 0 Å². The van der Waals surface area contributed by atoms with Crippen LogP contribution in [0, 0.1) is 0 Å². The summed E-state index contributed by atoms with van der Waals surface area (Å²) in [6.45, 7) is 0. The molecule has 1 aliphatic heterocycles. The molecule has 1 aromatic heterocycles. The maximum absolute atomic E-state index is 2.45. The van der Waals surface area contributed by atoms with Crippen LogP contribution in [0.1, 0.15) is 0 Å². The fraction of sp³-hybridized carbons (Fsp3) is 0. The van der Waals surface area contributed by atoms with Crippen molar-refractivity contribution in [1.29, 1.82) is 0 Å². The lowest BCUT2D eigenvalue weighted by Gasteiger charge is -2.22. The van der Waals surface area contributed by atoms with Crippen LogP contribution in [0.2, 0.25) is 0 Å². The van der Waals surface area contributed by atoms with E-state index in [2.05, 4.69) is 168 Å². The van der Waals surface area contributed by atoms with Crippen LogP contribution < -0.4 is 0 Å². The number of nitrogens with zero attached hydrogens (tertiary/aromatic N) is 1. The zero-order valence-electron chi connectivity index (χ0n) is 24.9. The third kappa shape index (κ3) is 3.77. The van der Waals surface area contributed by atoms with Crippen molar-refractivity contribution in [3.8, 4) is 39.1 Å². The number of hydrogen-bond acceptors (Lipinski definition) is 1. The van der Waals surface area contributed by atoms with Crippen molar-refractivity contribution in [1.82, 2.24) is 4.57 Å². The molecule has 0 amide bonds. The predicted octanol–water partition coefficient (Wildman–Crippen LogP) is 12.6. The van der Waals surface area contributed by atoms with Crippen molar-refractivity contribution in [2.75, 3.05) is 0 Å². The van der Waals surface area contributed by atoms with Gasteiger partial charge in [0.05, 0.1) is 16.7 Å². The average Bonchev–Trinajstić information content (AvgIpc) is 3.44. The Morgan fingerprint density at radius 2 is 1.04 bits per heavy atom. The van der Waals surface area contributed by atoms with E-state index in [1.165, 1.54) is 92.2 Å². The first-order chi connectivity index (χ1) is 22.8. The number of para-hydroxylation sites is 2. The standard InChI is InChI=1S/C44H27NS/c1-2-12-29-27-41-38(26-28(29)11-1)34-16-4-7-21-40(34)45(41)39-20-6-3-15-33(39)31-14-9-13-30(25-31)32-23-24-43-44-36(32)18-10-19-37(44)35-17-5-8-22-42(35)46-43/h1-27H. The van der Waals surface area contributed by atoms with E-state index >= 15 is 0 Å². The van der Waals surface area contributed by atoms with Crippen LogP contribution >= 0.6 is 11.8 Å². The summed E-state index contributed by atoms with van der Waals surface area (Å²) >= 11 is 1.88. The number of hydrogen-bond donors (Lipinski definition) is 0. The minimum Gasteiger partial charge on any atom is -0.309 e. The molecule has 0 saturated carbocycles. The highest BCUT2D eigenvalue weighted by Gasteiger charge is 2.21. The second-order valence-electron chi connectivity index (χ2n) is 12.1. The van der Waals surface area contributed by atoms with Crippen LogP contribution in [-0.4, -0.2) is 4.57 Å². The fourth-order valence-corrected chi connectivity index (χ4v) is 8.64. The van der Waals surface area contributed by atoms with E-state index in [4.69, 9.17) is 0 Å². The highest BCUT2D eigenvalue weighted by molar-refractivity contribution is 7.99. The Balaban J connectivity index is 1.18. The second-order valence-corrected chi connectivity index (χ2v) is 13.2. The lowest BCUT2D eigenvalue weighted by atomic mass is 9.91. The van der Waals surface area contributed by atoms with Gasteiger partial charge in [-0.3, -0.25) is 0 Å². The minimum absolute atomic E-state index is 1.19. The average molecular weight is 602 g/mol. The number of aromatic nitrogens is 1. The van der Waals surface area contributed by atoms with Crippen molar-refractivity contribution < 1.29 is 0 Å². The number of rotatable bonds is 3. The molecule has 1 aliphatic rings. The first-order valence-corrected chi connectivity index (χ1v) is 16.6. The Kier molecular flexibility index (Phi) is 5.58. The van der Waals surface area contributed by atoms with Gasteiger partial charge >= 0.3 is 0 Å². The van der Waals surface area contributed by atoms with Crippen molar-refractivity contribution in [3.63, 3.8) is 0 Å². The normalized spacial score (nSPS) is 12.3. The fourth-order valence-electron chi connectivity index (χ4n) is 7.51. The van der Waals surface area contributed by atoms with E-state index in [0.29, 0.717) is 0 Å². The minimum atomic E-state index is 1.19. The molecular weight excluding hydrogens is 575 g/mol. The molecule has 9 aromatic rings. The van der Waals surface area contributed by atoms with Gasteiger partial charge in [0.1, 0.15) is 0 Å². The van der Waals surface area contributed by atoms with Gasteiger partial charge in [0.15, 0.2) is 0 Å². The van der Waals surface area contributed by atoms with Gasteiger partial charge in [0, 0.05) is 31.5 Å². The van der Waals surface area contributed by atoms with Crippen LogP contribution in [0.15, 0.2) is 174 Å². The molecule has 0 radical (unpaired) electrons. The molecule has 0 spiro atoms. The Bertz CT molecular complexity index is 2680. The van der Waals surface area contributed by atoms with Gasteiger partial charge in [-0.05, 0) is 86.4 Å². The summed E-state index contributed by atoms with van der Waals surface area (Å²) in [6, 6.07) is 60.3. The molecule has 1 nitrogen and oxygen atoms in total. The Morgan fingerprint density at radius 3 is 1.96 bits per heavy atom. The van der Waals surface area contributed by atoms with E-state index < -0.39 is 0 Å².